The molecule has 0 aliphatic rings. The van der Waals surface area contributed by atoms with Crippen LogP contribution in [0.1, 0.15) is 18.9 Å². The lowest BCUT2D eigenvalue weighted by Gasteiger charge is -2.08. The Morgan fingerprint density at radius 3 is 2.42 bits per heavy atom. The number of nitrogens with one attached hydrogen (secondary N) is 1. The number of ether oxygens (including phenoxy) is 1. The molecule has 0 heterocycles. The van der Waals surface area contributed by atoms with Gasteiger partial charge in [-0.2, -0.15) is 8.78 Å². The first-order valence-corrected chi connectivity index (χ1v) is 5.53. The molecule has 0 aliphatic heterocycles. The minimum Gasteiger partial charge on any atom is -0.435 e. The summed E-state index contributed by atoms with van der Waals surface area (Å²) in [4.78, 5) is 11.3. The van der Waals surface area contributed by atoms with Crippen molar-refractivity contribution < 1.29 is 18.3 Å². The Morgan fingerprint density at radius 1 is 1.37 bits per heavy atom. The van der Waals surface area contributed by atoms with Crippen molar-refractivity contribution in [1.82, 2.24) is 5.32 Å². The Bertz CT molecular complexity index is 386. The summed E-state index contributed by atoms with van der Waals surface area (Å²) in [6, 6.07) is 5.90. The summed E-state index contributed by atoms with van der Waals surface area (Å²) in [5.74, 6) is -0.0476. The second-order valence-corrected chi connectivity index (χ2v) is 3.98. The van der Waals surface area contributed by atoms with E-state index in [9.17, 15) is 13.6 Å². The number of amides is 1. The first-order valence-electron chi connectivity index (χ1n) is 5.53. The van der Waals surface area contributed by atoms with Gasteiger partial charge >= 0.3 is 6.61 Å². The van der Waals surface area contributed by atoms with Crippen LogP contribution in [0.4, 0.5) is 8.78 Å². The summed E-state index contributed by atoms with van der Waals surface area (Å²) in [5, 5.41) is 2.68. The van der Waals surface area contributed by atoms with Gasteiger partial charge in [0.2, 0.25) is 5.91 Å². The molecular formula is C12H17ClF2N2O2. The van der Waals surface area contributed by atoms with Crippen molar-refractivity contribution in [3.8, 4) is 5.75 Å². The number of alkyl halides is 2. The molecule has 0 aliphatic carbocycles. The maximum absolute atomic E-state index is 11.9. The lowest BCUT2D eigenvalue weighted by molar-refractivity contribution is -0.121. The Kier molecular flexibility index (Phi) is 8.02. The van der Waals surface area contributed by atoms with E-state index in [1.165, 1.54) is 12.1 Å². The molecule has 0 saturated heterocycles. The fourth-order valence-corrected chi connectivity index (χ4v) is 1.35. The van der Waals surface area contributed by atoms with Gasteiger partial charge in [-0.3, -0.25) is 4.79 Å². The second kappa shape index (κ2) is 8.66. The summed E-state index contributed by atoms with van der Waals surface area (Å²) in [7, 11) is 0. The molecule has 1 amide bonds. The maximum atomic E-state index is 11.9. The van der Waals surface area contributed by atoms with Gasteiger partial charge < -0.3 is 15.8 Å². The molecule has 3 N–H and O–H groups in total. The first kappa shape index (κ1) is 17.6. The van der Waals surface area contributed by atoms with Crippen molar-refractivity contribution in [2.45, 2.75) is 32.5 Å². The van der Waals surface area contributed by atoms with E-state index in [1.807, 2.05) is 0 Å². The molecule has 1 aromatic carbocycles. The zero-order valence-corrected chi connectivity index (χ0v) is 11.3. The molecule has 0 bridgehead atoms. The largest absolute Gasteiger partial charge is 0.435 e. The quantitative estimate of drug-likeness (QED) is 0.844. The van der Waals surface area contributed by atoms with Crippen LogP contribution in [-0.2, 0) is 11.3 Å². The molecule has 4 nitrogen and oxygen atoms in total. The fourth-order valence-electron chi connectivity index (χ4n) is 1.35. The van der Waals surface area contributed by atoms with Crippen LogP contribution in [0.2, 0.25) is 0 Å². The average molecular weight is 295 g/mol. The molecule has 108 valence electrons. The van der Waals surface area contributed by atoms with Crippen molar-refractivity contribution in [2.75, 3.05) is 0 Å². The van der Waals surface area contributed by atoms with Crippen molar-refractivity contribution in [2.24, 2.45) is 5.73 Å². The minimum atomic E-state index is -2.83. The lowest BCUT2D eigenvalue weighted by Crippen LogP contribution is -2.29. The molecule has 0 spiro atoms. The average Bonchev–Trinajstić information content (AvgIpc) is 2.26. The van der Waals surface area contributed by atoms with E-state index in [4.69, 9.17) is 5.73 Å². The van der Waals surface area contributed by atoms with Crippen molar-refractivity contribution in [1.29, 1.82) is 0 Å². The third kappa shape index (κ3) is 7.58. The van der Waals surface area contributed by atoms with Crippen LogP contribution in [0.5, 0.6) is 5.75 Å². The Balaban J connectivity index is 0.00000324. The predicted octanol–water partition coefficient (Wildman–Crippen LogP) is 2.06. The van der Waals surface area contributed by atoms with Gasteiger partial charge in [0.15, 0.2) is 0 Å². The lowest BCUT2D eigenvalue weighted by atomic mass is 10.2. The van der Waals surface area contributed by atoms with Gasteiger partial charge in [-0.05, 0) is 24.6 Å². The molecule has 0 aromatic heterocycles. The highest BCUT2D eigenvalue weighted by molar-refractivity contribution is 5.85. The first-order chi connectivity index (χ1) is 8.47. The molecule has 1 unspecified atom stereocenters. The van der Waals surface area contributed by atoms with Crippen LogP contribution >= 0.6 is 12.4 Å². The van der Waals surface area contributed by atoms with Crippen LogP contribution < -0.4 is 15.8 Å². The van der Waals surface area contributed by atoms with Gasteiger partial charge in [-0.25, -0.2) is 0 Å². The number of rotatable bonds is 6. The van der Waals surface area contributed by atoms with E-state index in [1.54, 1.807) is 19.1 Å². The monoisotopic (exact) mass is 294 g/mol. The van der Waals surface area contributed by atoms with Crippen LogP contribution in [0.3, 0.4) is 0 Å². The third-order valence-electron chi connectivity index (χ3n) is 2.15. The van der Waals surface area contributed by atoms with E-state index < -0.39 is 6.61 Å². The van der Waals surface area contributed by atoms with Crippen molar-refractivity contribution in [3.63, 3.8) is 0 Å². The topological polar surface area (TPSA) is 64.4 Å². The number of halogens is 3. The summed E-state index contributed by atoms with van der Waals surface area (Å²) in [5.41, 5.74) is 6.28. The van der Waals surface area contributed by atoms with E-state index in [-0.39, 0.29) is 36.5 Å². The van der Waals surface area contributed by atoms with Crippen molar-refractivity contribution in [3.05, 3.63) is 29.8 Å². The summed E-state index contributed by atoms with van der Waals surface area (Å²) < 4.78 is 28.0. The Labute approximate surface area is 116 Å². The molecular weight excluding hydrogens is 278 g/mol. The van der Waals surface area contributed by atoms with Gasteiger partial charge in [0, 0.05) is 19.0 Å². The van der Waals surface area contributed by atoms with Crippen molar-refractivity contribution >= 4 is 18.3 Å². The standard InChI is InChI=1S/C12H16F2N2O2.ClH/c1-8(15)6-11(17)16-7-9-2-4-10(5-3-9)18-12(13)14;/h2-5,8,12H,6-7,15H2,1H3,(H,16,17);1H. The number of carbonyl (C=O) groups is 1. The number of carbonyl (C=O) groups excluding carboxylic acids is 1. The third-order valence-corrected chi connectivity index (χ3v) is 2.15. The predicted molar refractivity (Wildman–Crippen MR) is 70.4 cm³/mol. The minimum absolute atomic E-state index is 0. The van der Waals surface area contributed by atoms with Crippen LogP contribution in [0, 0.1) is 0 Å². The molecule has 0 radical (unpaired) electrons. The van der Waals surface area contributed by atoms with Gasteiger partial charge in [0.25, 0.3) is 0 Å². The maximum Gasteiger partial charge on any atom is 0.387 e. The van der Waals surface area contributed by atoms with Gasteiger partial charge in [0.05, 0.1) is 0 Å². The Hall–Kier alpha value is -1.40. The molecule has 0 fully saturated rings. The summed E-state index contributed by atoms with van der Waals surface area (Å²) >= 11 is 0. The summed E-state index contributed by atoms with van der Waals surface area (Å²) in [6.45, 7) is -0.752. The molecule has 1 aromatic rings. The molecule has 0 saturated carbocycles. The van der Waals surface area contributed by atoms with Gasteiger partial charge in [-0.1, -0.05) is 12.1 Å². The highest BCUT2D eigenvalue weighted by atomic mass is 35.5. The molecule has 7 heteroatoms. The smallest absolute Gasteiger partial charge is 0.387 e. The zero-order valence-electron chi connectivity index (χ0n) is 10.4. The molecule has 1 rings (SSSR count). The van der Waals surface area contributed by atoms with E-state index in [0.717, 1.165) is 5.56 Å². The zero-order chi connectivity index (χ0) is 13.5. The fraction of sp³-hybridized carbons (Fsp3) is 0.417. The van der Waals surface area contributed by atoms with E-state index >= 15 is 0 Å². The SMILES string of the molecule is CC(N)CC(=O)NCc1ccc(OC(F)F)cc1.Cl. The number of hydrogen-bond donors (Lipinski definition) is 2. The highest BCUT2D eigenvalue weighted by Gasteiger charge is 2.06. The van der Waals surface area contributed by atoms with E-state index in [2.05, 4.69) is 10.1 Å². The van der Waals surface area contributed by atoms with Gasteiger partial charge in [0.1, 0.15) is 5.75 Å². The number of benzene rings is 1. The highest BCUT2D eigenvalue weighted by Crippen LogP contribution is 2.14. The van der Waals surface area contributed by atoms with Crippen LogP contribution in [0.25, 0.3) is 0 Å². The van der Waals surface area contributed by atoms with E-state index in [0.29, 0.717) is 6.54 Å². The summed E-state index contributed by atoms with van der Waals surface area (Å²) in [6.07, 6.45) is 0.257. The number of hydrogen-bond acceptors (Lipinski definition) is 3. The van der Waals surface area contributed by atoms with Crippen LogP contribution in [0.15, 0.2) is 24.3 Å². The normalized spacial score (nSPS) is 11.6. The second-order valence-electron chi connectivity index (χ2n) is 3.98. The molecule has 1 atom stereocenters. The Morgan fingerprint density at radius 2 is 1.95 bits per heavy atom. The van der Waals surface area contributed by atoms with Crippen LogP contribution in [-0.4, -0.2) is 18.6 Å². The van der Waals surface area contributed by atoms with Gasteiger partial charge in [-0.15, -0.1) is 12.4 Å². The molecule has 19 heavy (non-hydrogen) atoms. The number of nitrogens with two attached hydrogens (primary N) is 1.